The van der Waals surface area contributed by atoms with Crippen molar-refractivity contribution in [1.29, 1.82) is 0 Å². The van der Waals surface area contributed by atoms with E-state index in [0.29, 0.717) is 5.88 Å². The zero-order chi connectivity index (χ0) is 14.5. The van der Waals surface area contributed by atoms with Crippen LogP contribution < -0.4 is 0 Å². The molecule has 0 amide bonds. The Morgan fingerprint density at radius 1 is 1.30 bits per heavy atom. The maximum atomic E-state index is 5.83. The zero-order valence-corrected chi connectivity index (χ0v) is 13.7. The Hall–Kier alpha value is -0.970. The molecule has 1 unspecified atom stereocenters. The molecule has 0 radical (unpaired) electrons. The molecule has 0 fully saturated rings. The SMILES string of the molecule is CCN(Cc1cccc(C)n1)C(C)c1nc(CCl)cs1. The summed E-state index contributed by atoms with van der Waals surface area (Å²) in [4.78, 5) is 11.5. The molecule has 0 saturated carbocycles. The van der Waals surface area contributed by atoms with Crippen LogP contribution in [0.4, 0.5) is 0 Å². The summed E-state index contributed by atoms with van der Waals surface area (Å²) in [7, 11) is 0. The van der Waals surface area contributed by atoms with Gasteiger partial charge in [0, 0.05) is 17.6 Å². The minimum absolute atomic E-state index is 0.282. The predicted octanol–water partition coefficient (Wildman–Crippen LogP) is 4.17. The van der Waals surface area contributed by atoms with Gasteiger partial charge in [0.05, 0.1) is 23.3 Å². The maximum absolute atomic E-state index is 5.83. The lowest BCUT2D eigenvalue weighted by Gasteiger charge is -2.26. The number of aryl methyl sites for hydroxylation is 1. The lowest BCUT2D eigenvalue weighted by Crippen LogP contribution is -2.26. The van der Waals surface area contributed by atoms with E-state index in [1.807, 2.05) is 18.4 Å². The van der Waals surface area contributed by atoms with Gasteiger partial charge in [0.25, 0.3) is 0 Å². The minimum atomic E-state index is 0.282. The van der Waals surface area contributed by atoms with Crippen molar-refractivity contribution < 1.29 is 0 Å². The summed E-state index contributed by atoms with van der Waals surface area (Å²) in [5.41, 5.74) is 3.13. The van der Waals surface area contributed by atoms with E-state index in [0.717, 1.165) is 35.2 Å². The molecule has 0 N–H and O–H groups in total. The Labute approximate surface area is 129 Å². The van der Waals surface area contributed by atoms with E-state index in [2.05, 4.69) is 40.8 Å². The first-order valence-corrected chi connectivity index (χ1v) is 8.22. The highest BCUT2D eigenvalue weighted by Crippen LogP contribution is 2.25. The van der Waals surface area contributed by atoms with E-state index < -0.39 is 0 Å². The van der Waals surface area contributed by atoms with E-state index in [-0.39, 0.29) is 6.04 Å². The van der Waals surface area contributed by atoms with Crippen molar-refractivity contribution in [2.24, 2.45) is 0 Å². The zero-order valence-electron chi connectivity index (χ0n) is 12.1. The fraction of sp³-hybridized carbons (Fsp3) is 0.467. The average molecular weight is 310 g/mol. The van der Waals surface area contributed by atoms with Gasteiger partial charge < -0.3 is 0 Å². The van der Waals surface area contributed by atoms with E-state index in [1.165, 1.54) is 0 Å². The second kappa shape index (κ2) is 7.16. The summed E-state index contributed by atoms with van der Waals surface area (Å²) in [6, 6.07) is 6.44. The number of halogens is 1. The highest BCUT2D eigenvalue weighted by molar-refractivity contribution is 7.09. The van der Waals surface area contributed by atoms with Crippen molar-refractivity contribution in [3.8, 4) is 0 Å². The highest BCUT2D eigenvalue weighted by atomic mass is 35.5. The number of rotatable bonds is 6. The van der Waals surface area contributed by atoms with Crippen LogP contribution in [0, 0.1) is 6.92 Å². The molecule has 0 aliphatic heterocycles. The van der Waals surface area contributed by atoms with Crippen LogP contribution in [-0.2, 0) is 12.4 Å². The fourth-order valence-corrected chi connectivity index (χ4v) is 3.29. The molecule has 5 heteroatoms. The third-order valence-corrected chi connectivity index (χ3v) is 4.67. The van der Waals surface area contributed by atoms with Gasteiger partial charge in [0.15, 0.2) is 0 Å². The summed E-state index contributed by atoms with van der Waals surface area (Å²) in [5.74, 6) is 0.481. The van der Waals surface area contributed by atoms with Crippen LogP contribution in [0.1, 0.15) is 42.0 Å². The van der Waals surface area contributed by atoms with Crippen LogP contribution in [0.3, 0.4) is 0 Å². The van der Waals surface area contributed by atoms with E-state index in [9.17, 15) is 0 Å². The number of alkyl halides is 1. The second-order valence-electron chi connectivity index (χ2n) is 4.82. The molecule has 108 valence electrons. The first-order valence-electron chi connectivity index (χ1n) is 6.81. The Morgan fingerprint density at radius 3 is 2.70 bits per heavy atom. The first-order chi connectivity index (χ1) is 9.63. The van der Waals surface area contributed by atoms with Gasteiger partial charge in [-0.2, -0.15) is 0 Å². The number of pyridine rings is 1. The van der Waals surface area contributed by atoms with Gasteiger partial charge in [0.1, 0.15) is 5.01 Å². The molecule has 2 rings (SSSR count). The predicted molar refractivity (Wildman–Crippen MR) is 85.1 cm³/mol. The monoisotopic (exact) mass is 309 g/mol. The van der Waals surface area contributed by atoms with Crippen LogP contribution in [-0.4, -0.2) is 21.4 Å². The smallest absolute Gasteiger partial charge is 0.110 e. The quantitative estimate of drug-likeness (QED) is 0.750. The van der Waals surface area contributed by atoms with Crippen LogP contribution in [0.2, 0.25) is 0 Å². The second-order valence-corrected chi connectivity index (χ2v) is 5.98. The van der Waals surface area contributed by atoms with Gasteiger partial charge in [-0.3, -0.25) is 9.88 Å². The van der Waals surface area contributed by atoms with Gasteiger partial charge in [-0.25, -0.2) is 4.98 Å². The molecule has 0 bridgehead atoms. The van der Waals surface area contributed by atoms with Crippen LogP contribution in [0.25, 0.3) is 0 Å². The first kappa shape index (κ1) is 15.4. The topological polar surface area (TPSA) is 29.0 Å². The summed E-state index contributed by atoms with van der Waals surface area (Å²) >= 11 is 7.51. The minimum Gasteiger partial charge on any atom is -0.289 e. The molecule has 0 aromatic carbocycles. The fourth-order valence-electron chi connectivity index (χ4n) is 2.15. The van der Waals surface area contributed by atoms with Crippen molar-refractivity contribution in [1.82, 2.24) is 14.9 Å². The normalized spacial score (nSPS) is 12.8. The molecule has 3 nitrogen and oxygen atoms in total. The lowest BCUT2D eigenvalue weighted by atomic mass is 10.2. The molecule has 1 atom stereocenters. The van der Waals surface area contributed by atoms with Crippen molar-refractivity contribution in [2.45, 2.75) is 39.2 Å². The summed E-state index contributed by atoms with van der Waals surface area (Å²) in [5, 5.41) is 3.16. The number of nitrogens with zero attached hydrogens (tertiary/aromatic N) is 3. The molecule has 0 saturated heterocycles. The third-order valence-electron chi connectivity index (χ3n) is 3.33. The molecule has 2 aromatic heterocycles. The Balaban J connectivity index is 2.11. The lowest BCUT2D eigenvalue weighted by molar-refractivity contribution is 0.210. The highest BCUT2D eigenvalue weighted by Gasteiger charge is 2.18. The van der Waals surface area contributed by atoms with E-state index >= 15 is 0 Å². The van der Waals surface area contributed by atoms with Crippen LogP contribution >= 0.6 is 22.9 Å². The van der Waals surface area contributed by atoms with Crippen LogP contribution in [0.5, 0.6) is 0 Å². The van der Waals surface area contributed by atoms with Crippen molar-refractivity contribution in [3.63, 3.8) is 0 Å². The van der Waals surface area contributed by atoms with Gasteiger partial charge in [0.2, 0.25) is 0 Å². The molecular formula is C15H20ClN3S. The van der Waals surface area contributed by atoms with Crippen molar-refractivity contribution in [3.05, 3.63) is 45.7 Å². The molecule has 20 heavy (non-hydrogen) atoms. The molecule has 0 aliphatic carbocycles. The standard InChI is InChI=1S/C15H20ClN3S/c1-4-19(9-13-7-5-6-11(2)17-13)12(3)15-18-14(8-16)10-20-15/h5-7,10,12H,4,8-9H2,1-3H3. The number of thiazole rings is 1. The molecule has 2 heterocycles. The van der Waals surface area contributed by atoms with E-state index in [1.54, 1.807) is 11.3 Å². The van der Waals surface area contributed by atoms with Gasteiger partial charge in [-0.15, -0.1) is 22.9 Å². The van der Waals surface area contributed by atoms with Gasteiger partial charge in [-0.1, -0.05) is 13.0 Å². The Bertz CT molecular complexity index is 556. The summed E-state index contributed by atoms with van der Waals surface area (Å²) < 4.78 is 0. The molecule has 0 aliphatic rings. The molecule has 0 spiro atoms. The number of aromatic nitrogens is 2. The van der Waals surface area contributed by atoms with Gasteiger partial charge in [-0.05, 0) is 32.5 Å². The van der Waals surface area contributed by atoms with Crippen LogP contribution in [0.15, 0.2) is 23.6 Å². The maximum Gasteiger partial charge on any atom is 0.110 e. The largest absolute Gasteiger partial charge is 0.289 e. The van der Waals surface area contributed by atoms with E-state index in [4.69, 9.17) is 11.6 Å². The van der Waals surface area contributed by atoms with Crippen molar-refractivity contribution in [2.75, 3.05) is 6.54 Å². The number of hydrogen-bond donors (Lipinski definition) is 0. The van der Waals surface area contributed by atoms with Crippen molar-refractivity contribution >= 4 is 22.9 Å². The van der Waals surface area contributed by atoms with Gasteiger partial charge >= 0.3 is 0 Å². The molecule has 2 aromatic rings. The Morgan fingerprint density at radius 2 is 2.10 bits per heavy atom. The summed E-state index contributed by atoms with van der Waals surface area (Å²) in [6.45, 7) is 8.19. The number of hydrogen-bond acceptors (Lipinski definition) is 4. The summed E-state index contributed by atoms with van der Waals surface area (Å²) in [6.07, 6.45) is 0. The molecular weight excluding hydrogens is 290 g/mol. The third kappa shape index (κ3) is 3.78. The Kier molecular flexibility index (Phi) is 5.52. The average Bonchev–Trinajstić information content (AvgIpc) is 2.93.